The molecule has 0 saturated carbocycles. The van der Waals surface area contributed by atoms with Crippen LogP contribution in [0.5, 0.6) is 0 Å². The SMILES string of the molecule is NC(=NCC(F)(F)F)Nc1ccnc(CCCCc2c[nH]cn2)n1. The van der Waals surface area contributed by atoms with E-state index in [9.17, 15) is 13.2 Å². The van der Waals surface area contributed by atoms with Crippen molar-refractivity contribution in [2.75, 3.05) is 11.9 Å². The molecule has 2 aromatic heterocycles. The number of aromatic amines is 1. The highest BCUT2D eigenvalue weighted by molar-refractivity contribution is 5.91. The van der Waals surface area contributed by atoms with Crippen LogP contribution in [0.3, 0.4) is 0 Å². The summed E-state index contributed by atoms with van der Waals surface area (Å²) < 4.78 is 36.2. The third-order valence-corrected chi connectivity index (χ3v) is 3.03. The summed E-state index contributed by atoms with van der Waals surface area (Å²) in [4.78, 5) is 18.6. The Hall–Kier alpha value is -2.65. The van der Waals surface area contributed by atoms with Crippen LogP contribution in [0.1, 0.15) is 24.4 Å². The van der Waals surface area contributed by atoms with Gasteiger partial charge in [0.2, 0.25) is 0 Å². The summed E-state index contributed by atoms with van der Waals surface area (Å²) in [7, 11) is 0. The highest BCUT2D eigenvalue weighted by atomic mass is 19.4. The van der Waals surface area contributed by atoms with Crippen molar-refractivity contribution in [1.82, 2.24) is 19.9 Å². The predicted octanol–water partition coefficient (Wildman–Crippen LogP) is 2.05. The van der Waals surface area contributed by atoms with Crippen LogP contribution in [-0.2, 0) is 12.8 Å². The molecular formula is C14H18F3N7. The number of aliphatic imine (C=N–C) groups is 1. The molecule has 0 aliphatic rings. The minimum absolute atomic E-state index is 0.315. The van der Waals surface area contributed by atoms with Crippen molar-refractivity contribution in [3.63, 3.8) is 0 Å². The van der Waals surface area contributed by atoms with E-state index in [0.29, 0.717) is 18.1 Å². The normalized spacial score (nSPS) is 12.4. The molecule has 0 spiro atoms. The van der Waals surface area contributed by atoms with Crippen molar-refractivity contribution in [2.24, 2.45) is 10.7 Å². The second-order valence-corrected chi connectivity index (χ2v) is 5.07. The van der Waals surface area contributed by atoms with Gasteiger partial charge in [0.15, 0.2) is 5.96 Å². The Bertz CT molecular complexity index is 653. The smallest absolute Gasteiger partial charge is 0.370 e. The lowest BCUT2D eigenvalue weighted by Gasteiger charge is -2.07. The summed E-state index contributed by atoms with van der Waals surface area (Å²) in [6.07, 6.45) is 3.93. The first-order chi connectivity index (χ1) is 11.4. The molecule has 130 valence electrons. The molecule has 2 rings (SSSR count). The van der Waals surface area contributed by atoms with Gasteiger partial charge in [-0.1, -0.05) is 0 Å². The third kappa shape index (κ3) is 6.63. The summed E-state index contributed by atoms with van der Waals surface area (Å²) >= 11 is 0. The van der Waals surface area contributed by atoms with E-state index in [0.717, 1.165) is 25.0 Å². The zero-order valence-corrected chi connectivity index (χ0v) is 12.8. The van der Waals surface area contributed by atoms with Crippen molar-refractivity contribution >= 4 is 11.8 Å². The van der Waals surface area contributed by atoms with Crippen LogP contribution in [0.25, 0.3) is 0 Å². The number of rotatable bonds is 7. The second-order valence-electron chi connectivity index (χ2n) is 5.07. The van der Waals surface area contributed by atoms with Gasteiger partial charge in [-0.2, -0.15) is 13.2 Å². The summed E-state index contributed by atoms with van der Waals surface area (Å²) in [5.74, 6) is 0.567. The number of nitrogens with one attached hydrogen (secondary N) is 2. The van der Waals surface area contributed by atoms with Crippen LogP contribution in [0.15, 0.2) is 29.8 Å². The molecule has 10 heteroatoms. The summed E-state index contributed by atoms with van der Waals surface area (Å²) in [6.45, 7) is -1.34. The number of anilines is 1. The molecule has 4 N–H and O–H groups in total. The van der Waals surface area contributed by atoms with Gasteiger partial charge in [0.1, 0.15) is 18.2 Å². The van der Waals surface area contributed by atoms with Gasteiger partial charge in [0.25, 0.3) is 0 Å². The van der Waals surface area contributed by atoms with Crippen molar-refractivity contribution in [2.45, 2.75) is 31.9 Å². The Balaban J connectivity index is 1.80. The van der Waals surface area contributed by atoms with Gasteiger partial charge in [-0.05, 0) is 25.3 Å². The van der Waals surface area contributed by atoms with E-state index in [-0.39, 0.29) is 5.96 Å². The number of unbranched alkanes of at least 4 members (excludes halogenated alkanes) is 1. The van der Waals surface area contributed by atoms with E-state index in [2.05, 4.69) is 30.2 Å². The number of hydrogen-bond acceptors (Lipinski definition) is 4. The van der Waals surface area contributed by atoms with Crippen molar-refractivity contribution < 1.29 is 13.2 Å². The number of nitrogens with two attached hydrogens (primary N) is 1. The molecule has 7 nitrogen and oxygen atoms in total. The summed E-state index contributed by atoms with van der Waals surface area (Å²) in [6, 6.07) is 1.52. The second kappa shape index (κ2) is 8.27. The van der Waals surface area contributed by atoms with Gasteiger partial charge < -0.3 is 16.0 Å². The average molecular weight is 341 g/mol. The van der Waals surface area contributed by atoms with Crippen LogP contribution in [0, 0.1) is 0 Å². The van der Waals surface area contributed by atoms with E-state index in [1.54, 1.807) is 6.33 Å². The molecule has 2 aromatic rings. The maximum atomic E-state index is 12.1. The van der Waals surface area contributed by atoms with Gasteiger partial charge in [0, 0.05) is 18.8 Å². The minimum atomic E-state index is -4.39. The third-order valence-electron chi connectivity index (χ3n) is 3.03. The van der Waals surface area contributed by atoms with Gasteiger partial charge >= 0.3 is 6.18 Å². The van der Waals surface area contributed by atoms with Crippen LogP contribution >= 0.6 is 0 Å². The Morgan fingerprint density at radius 3 is 2.75 bits per heavy atom. The Morgan fingerprint density at radius 1 is 1.25 bits per heavy atom. The fourth-order valence-corrected chi connectivity index (χ4v) is 1.95. The van der Waals surface area contributed by atoms with E-state index >= 15 is 0 Å². The summed E-state index contributed by atoms with van der Waals surface area (Å²) in [5, 5.41) is 2.53. The van der Waals surface area contributed by atoms with Crippen molar-refractivity contribution in [3.8, 4) is 0 Å². The van der Waals surface area contributed by atoms with E-state index in [4.69, 9.17) is 5.73 Å². The maximum absolute atomic E-state index is 12.1. The number of aromatic nitrogens is 4. The lowest BCUT2D eigenvalue weighted by molar-refractivity contribution is -0.118. The highest BCUT2D eigenvalue weighted by Crippen LogP contribution is 2.14. The Morgan fingerprint density at radius 2 is 2.04 bits per heavy atom. The molecule has 0 saturated heterocycles. The standard InChI is InChI=1S/C14H18F3N7/c15-14(16,17)8-21-13(18)24-12-5-6-20-11(23-12)4-2-1-3-10-7-19-9-22-10/h5-7,9H,1-4,8H2,(H,19,22)(H3,18,20,21,23,24). The molecule has 0 radical (unpaired) electrons. The number of guanidine groups is 1. The quantitative estimate of drug-likeness (QED) is 0.406. The van der Waals surface area contributed by atoms with Crippen molar-refractivity contribution in [3.05, 3.63) is 36.3 Å². The zero-order valence-electron chi connectivity index (χ0n) is 12.8. The van der Waals surface area contributed by atoms with E-state index in [1.807, 2.05) is 6.20 Å². The molecule has 0 aliphatic carbocycles. The van der Waals surface area contributed by atoms with E-state index < -0.39 is 12.7 Å². The molecular weight excluding hydrogens is 323 g/mol. The van der Waals surface area contributed by atoms with Crippen LogP contribution in [0.2, 0.25) is 0 Å². The molecule has 0 atom stereocenters. The topological polar surface area (TPSA) is 105 Å². The molecule has 0 bridgehead atoms. The first-order valence-corrected chi connectivity index (χ1v) is 7.35. The zero-order chi connectivity index (χ0) is 17.4. The predicted molar refractivity (Wildman–Crippen MR) is 83.4 cm³/mol. The van der Waals surface area contributed by atoms with Gasteiger partial charge in [-0.25, -0.2) is 19.9 Å². The first-order valence-electron chi connectivity index (χ1n) is 7.35. The van der Waals surface area contributed by atoms with Crippen LogP contribution in [0.4, 0.5) is 19.0 Å². The van der Waals surface area contributed by atoms with Crippen molar-refractivity contribution in [1.29, 1.82) is 0 Å². The summed E-state index contributed by atoms with van der Waals surface area (Å²) in [5.41, 5.74) is 6.41. The number of nitrogens with zero attached hydrogens (tertiary/aromatic N) is 4. The number of halogens is 3. The highest BCUT2D eigenvalue weighted by Gasteiger charge is 2.26. The fourth-order valence-electron chi connectivity index (χ4n) is 1.95. The maximum Gasteiger partial charge on any atom is 0.408 e. The molecule has 0 aliphatic heterocycles. The number of alkyl halides is 3. The number of imidazole rings is 1. The van der Waals surface area contributed by atoms with E-state index in [1.165, 1.54) is 12.3 Å². The number of aryl methyl sites for hydroxylation is 2. The molecule has 0 amide bonds. The van der Waals surface area contributed by atoms with Gasteiger partial charge in [-0.15, -0.1) is 0 Å². The van der Waals surface area contributed by atoms with Crippen LogP contribution in [-0.4, -0.2) is 38.6 Å². The number of hydrogen-bond donors (Lipinski definition) is 3. The monoisotopic (exact) mass is 341 g/mol. The Kier molecular flexibility index (Phi) is 6.10. The minimum Gasteiger partial charge on any atom is -0.370 e. The molecule has 0 aromatic carbocycles. The lowest BCUT2D eigenvalue weighted by Crippen LogP contribution is -2.26. The largest absolute Gasteiger partial charge is 0.408 e. The molecule has 0 fully saturated rings. The van der Waals surface area contributed by atoms with Gasteiger partial charge in [-0.3, -0.25) is 0 Å². The molecule has 2 heterocycles. The lowest BCUT2D eigenvalue weighted by atomic mass is 10.1. The van der Waals surface area contributed by atoms with Crippen LogP contribution < -0.4 is 11.1 Å². The molecule has 24 heavy (non-hydrogen) atoms. The molecule has 0 unspecified atom stereocenters. The fraction of sp³-hybridized carbons (Fsp3) is 0.429. The Labute approximate surface area is 136 Å². The first kappa shape index (κ1) is 17.7. The number of H-pyrrole nitrogens is 1. The van der Waals surface area contributed by atoms with Gasteiger partial charge in [0.05, 0.1) is 12.0 Å². The average Bonchev–Trinajstić information content (AvgIpc) is 3.03.